The van der Waals surface area contributed by atoms with E-state index in [4.69, 9.17) is 5.73 Å². The van der Waals surface area contributed by atoms with E-state index in [0.29, 0.717) is 0 Å². The Hall–Kier alpha value is -0.230. The molecule has 2 rings (SSSR count). The van der Waals surface area contributed by atoms with E-state index < -0.39 is 0 Å². The molecule has 0 spiro atoms. The molecule has 2 nitrogen and oxygen atoms in total. The first-order valence-electron chi connectivity index (χ1n) is 4.13. The van der Waals surface area contributed by atoms with Gasteiger partial charge in [0.05, 0.1) is 5.01 Å². The van der Waals surface area contributed by atoms with Gasteiger partial charge in [0, 0.05) is 38.8 Å². The highest BCUT2D eigenvalue weighted by atomic mass is 79.9. The largest absolute Gasteiger partial charge is 0.323 e. The molecular weight excluding hydrogens is 280 g/mol. The van der Waals surface area contributed by atoms with Crippen molar-refractivity contribution in [3.8, 4) is 0 Å². The monoisotopic (exact) mass is 288 g/mol. The van der Waals surface area contributed by atoms with Crippen LogP contribution in [0.25, 0.3) is 0 Å². The third kappa shape index (κ3) is 2.42. The van der Waals surface area contributed by atoms with Crippen LogP contribution in [0.2, 0.25) is 0 Å². The number of rotatable bonds is 3. The fraction of sp³-hybridized carbons (Fsp3) is 0.222. The SMILES string of the molecule is NC(Cc1nccs1)c1cc(Br)cs1. The van der Waals surface area contributed by atoms with Gasteiger partial charge < -0.3 is 5.73 Å². The molecule has 0 amide bonds. The summed E-state index contributed by atoms with van der Waals surface area (Å²) in [5.74, 6) is 0. The summed E-state index contributed by atoms with van der Waals surface area (Å²) in [6, 6.07) is 2.14. The summed E-state index contributed by atoms with van der Waals surface area (Å²) in [5, 5.41) is 5.13. The quantitative estimate of drug-likeness (QED) is 0.942. The first-order valence-corrected chi connectivity index (χ1v) is 6.69. The van der Waals surface area contributed by atoms with Crippen LogP contribution in [0.15, 0.2) is 27.5 Å². The van der Waals surface area contributed by atoms with Crippen molar-refractivity contribution < 1.29 is 0 Å². The zero-order chi connectivity index (χ0) is 9.97. The van der Waals surface area contributed by atoms with Crippen LogP contribution in [0.5, 0.6) is 0 Å². The lowest BCUT2D eigenvalue weighted by molar-refractivity contribution is 0.732. The van der Waals surface area contributed by atoms with Crippen molar-refractivity contribution >= 4 is 38.6 Å². The van der Waals surface area contributed by atoms with Crippen LogP contribution in [0.3, 0.4) is 0 Å². The maximum atomic E-state index is 6.06. The number of halogens is 1. The van der Waals surface area contributed by atoms with E-state index in [1.54, 1.807) is 22.7 Å². The van der Waals surface area contributed by atoms with Gasteiger partial charge in [-0.25, -0.2) is 4.98 Å². The van der Waals surface area contributed by atoms with Crippen molar-refractivity contribution in [3.63, 3.8) is 0 Å². The molecule has 2 N–H and O–H groups in total. The molecule has 0 aliphatic rings. The number of thiophene rings is 1. The average Bonchev–Trinajstić information content (AvgIpc) is 2.75. The van der Waals surface area contributed by atoms with Gasteiger partial charge in [0.25, 0.3) is 0 Å². The summed E-state index contributed by atoms with van der Waals surface area (Å²) < 4.78 is 1.10. The second-order valence-electron chi connectivity index (χ2n) is 2.90. The molecule has 0 fully saturated rings. The molecule has 1 unspecified atom stereocenters. The van der Waals surface area contributed by atoms with Crippen LogP contribution < -0.4 is 5.73 Å². The molecule has 74 valence electrons. The van der Waals surface area contributed by atoms with E-state index in [2.05, 4.69) is 32.4 Å². The second kappa shape index (κ2) is 4.53. The topological polar surface area (TPSA) is 38.9 Å². The summed E-state index contributed by atoms with van der Waals surface area (Å²) >= 11 is 6.76. The van der Waals surface area contributed by atoms with E-state index in [0.717, 1.165) is 15.9 Å². The summed E-state index contributed by atoms with van der Waals surface area (Å²) in [6.07, 6.45) is 2.64. The lowest BCUT2D eigenvalue weighted by Crippen LogP contribution is -2.11. The Balaban J connectivity index is 2.06. The van der Waals surface area contributed by atoms with Crippen molar-refractivity contribution in [2.24, 2.45) is 5.73 Å². The maximum absolute atomic E-state index is 6.06. The van der Waals surface area contributed by atoms with Crippen LogP contribution in [0.4, 0.5) is 0 Å². The molecule has 0 saturated heterocycles. The molecule has 0 radical (unpaired) electrons. The van der Waals surface area contributed by atoms with Crippen molar-refractivity contribution in [2.75, 3.05) is 0 Å². The number of hydrogen-bond donors (Lipinski definition) is 1. The molecule has 1 atom stereocenters. The molecule has 0 bridgehead atoms. The molecule has 0 aliphatic carbocycles. The van der Waals surface area contributed by atoms with Crippen molar-refractivity contribution in [2.45, 2.75) is 12.5 Å². The first kappa shape index (κ1) is 10.3. The second-order valence-corrected chi connectivity index (χ2v) is 5.74. The Bertz CT molecular complexity index is 397. The van der Waals surface area contributed by atoms with Gasteiger partial charge in [-0.2, -0.15) is 0 Å². The smallest absolute Gasteiger partial charge is 0.0944 e. The van der Waals surface area contributed by atoms with Gasteiger partial charge >= 0.3 is 0 Å². The van der Waals surface area contributed by atoms with Crippen molar-refractivity contribution in [3.05, 3.63) is 37.4 Å². The Labute approximate surface area is 98.9 Å². The molecule has 14 heavy (non-hydrogen) atoms. The third-order valence-electron chi connectivity index (χ3n) is 1.83. The number of thiazole rings is 1. The van der Waals surface area contributed by atoms with E-state index in [9.17, 15) is 0 Å². The van der Waals surface area contributed by atoms with Gasteiger partial charge in [-0.15, -0.1) is 22.7 Å². The molecule has 0 saturated carbocycles. The lowest BCUT2D eigenvalue weighted by atomic mass is 10.2. The Kier molecular flexibility index (Phi) is 3.33. The van der Waals surface area contributed by atoms with Gasteiger partial charge in [0.2, 0.25) is 0 Å². The third-order valence-corrected chi connectivity index (χ3v) is 4.46. The van der Waals surface area contributed by atoms with E-state index in [-0.39, 0.29) is 6.04 Å². The highest BCUT2D eigenvalue weighted by Crippen LogP contribution is 2.26. The standard InChI is InChI=1S/C9H9BrN2S2/c10-6-3-8(14-5-6)7(11)4-9-12-1-2-13-9/h1-3,5,7H,4,11H2. The number of nitrogens with zero attached hydrogens (tertiary/aromatic N) is 1. The fourth-order valence-corrected chi connectivity index (χ4v) is 3.29. The van der Waals surface area contributed by atoms with Crippen LogP contribution in [0, 0.1) is 0 Å². The van der Waals surface area contributed by atoms with E-state index in [1.165, 1.54) is 4.88 Å². The van der Waals surface area contributed by atoms with Gasteiger partial charge in [-0.1, -0.05) is 0 Å². The molecular formula is C9H9BrN2S2. The predicted molar refractivity (Wildman–Crippen MR) is 64.8 cm³/mol. The van der Waals surface area contributed by atoms with Crippen LogP contribution >= 0.6 is 38.6 Å². The van der Waals surface area contributed by atoms with Crippen LogP contribution in [0.1, 0.15) is 15.9 Å². The summed E-state index contributed by atoms with van der Waals surface area (Å²) in [7, 11) is 0. The highest BCUT2D eigenvalue weighted by molar-refractivity contribution is 9.10. The minimum atomic E-state index is 0.0671. The fourth-order valence-electron chi connectivity index (χ4n) is 1.17. The minimum absolute atomic E-state index is 0.0671. The van der Waals surface area contributed by atoms with Gasteiger partial charge in [0.15, 0.2) is 0 Å². The molecule has 0 aliphatic heterocycles. The first-order chi connectivity index (χ1) is 6.75. The van der Waals surface area contributed by atoms with Gasteiger partial charge in [-0.05, 0) is 22.0 Å². The highest BCUT2D eigenvalue weighted by Gasteiger charge is 2.10. The van der Waals surface area contributed by atoms with Crippen molar-refractivity contribution in [1.29, 1.82) is 0 Å². The zero-order valence-corrected chi connectivity index (χ0v) is 10.5. The number of hydrogen-bond acceptors (Lipinski definition) is 4. The average molecular weight is 289 g/mol. The minimum Gasteiger partial charge on any atom is -0.323 e. The zero-order valence-electron chi connectivity index (χ0n) is 7.31. The number of aromatic nitrogens is 1. The Morgan fingerprint density at radius 2 is 2.36 bits per heavy atom. The molecule has 2 aromatic rings. The van der Waals surface area contributed by atoms with Crippen LogP contribution in [-0.4, -0.2) is 4.98 Å². The number of nitrogens with two attached hydrogens (primary N) is 1. The normalized spacial score (nSPS) is 13.0. The van der Waals surface area contributed by atoms with Gasteiger partial charge in [0.1, 0.15) is 0 Å². The van der Waals surface area contributed by atoms with E-state index in [1.807, 2.05) is 11.6 Å². The van der Waals surface area contributed by atoms with E-state index >= 15 is 0 Å². The summed E-state index contributed by atoms with van der Waals surface area (Å²) in [4.78, 5) is 5.42. The molecule has 5 heteroatoms. The maximum Gasteiger partial charge on any atom is 0.0944 e. The van der Waals surface area contributed by atoms with Crippen LogP contribution in [-0.2, 0) is 6.42 Å². The summed E-state index contributed by atoms with van der Waals surface area (Å²) in [6.45, 7) is 0. The Morgan fingerprint density at radius 3 is 2.93 bits per heavy atom. The molecule has 2 heterocycles. The van der Waals surface area contributed by atoms with Gasteiger partial charge in [-0.3, -0.25) is 0 Å². The predicted octanol–water partition coefficient (Wildman–Crippen LogP) is 3.21. The molecule has 2 aromatic heterocycles. The summed E-state index contributed by atoms with van der Waals surface area (Å²) in [5.41, 5.74) is 6.06. The lowest BCUT2D eigenvalue weighted by Gasteiger charge is -2.05. The van der Waals surface area contributed by atoms with Crippen molar-refractivity contribution in [1.82, 2.24) is 4.98 Å². The Morgan fingerprint density at radius 1 is 1.50 bits per heavy atom. The molecule has 0 aromatic carbocycles.